The van der Waals surface area contributed by atoms with Crippen molar-refractivity contribution < 1.29 is 13.2 Å². The van der Waals surface area contributed by atoms with Gasteiger partial charge >= 0.3 is 0 Å². The lowest BCUT2D eigenvalue weighted by molar-refractivity contribution is 0.0948. The molecule has 7 nitrogen and oxygen atoms in total. The molecule has 1 aliphatic rings. The van der Waals surface area contributed by atoms with Crippen molar-refractivity contribution in [2.45, 2.75) is 37.0 Å². The number of sulfonamides is 1. The lowest BCUT2D eigenvalue weighted by Gasteiger charge is -2.08. The Kier molecular flexibility index (Phi) is 6.48. The van der Waals surface area contributed by atoms with Crippen LogP contribution < -0.4 is 10.0 Å². The van der Waals surface area contributed by atoms with Crippen LogP contribution in [-0.2, 0) is 22.9 Å². The molecule has 162 valence electrons. The number of hydrogen-bond donors (Lipinski definition) is 2. The molecule has 8 heteroatoms. The maximum absolute atomic E-state index is 12.9. The van der Waals surface area contributed by atoms with E-state index in [0.717, 1.165) is 49.0 Å². The SMILES string of the molecule is O=C(NCCNS(=O)(=O)c1ccccc1)c1nn(-c2ccccc2)c2c1CCCCC2. The molecule has 0 saturated heterocycles. The quantitative estimate of drug-likeness (QED) is 0.438. The minimum atomic E-state index is -3.59. The second kappa shape index (κ2) is 9.45. The van der Waals surface area contributed by atoms with Gasteiger partial charge in [-0.1, -0.05) is 42.8 Å². The van der Waals surface area contributed by atoms with Crippen LogP contribution in [0.2, 0.25) is 0 Å². The first-order valence-electron chi connectivity index (χ1n) is 10.6. The Hall–Kier alpha value is -2.97. The third-order valence-corrected chi connectivity index (χ3v) is 6.88. The normalized spacial score (nSPS) is 13.9. The number of nitrogens with zero attached hydrogens (tertiary/aromatic N) is 2. The molecule has 0 bridgehead atoms. The van der Waals surface area contributed by atoms with Gasteiger partial charge < -0.3 is 5.32 Å². The molecule has 1 heterocycles. The molecule has 2 N–H and O–H groups in total. The van der Waals surface area contributed by atoms with Crippen molar-refractivity contribution in [2.24, 2.45) is 0 Å². The number of rotatable bonds is 7. The highest BCUT2D eigenvalue weighted by Crippen LogP contribution is 2.26. The van der Waals surface area contributed by atoms with Gasteiger partial charge in [-0.05, 0) is 49.9 Å². The second-order valence-electron chi connectivity index (χ2n) is 7.55. The molecule has 3 aromatic rings. The van der Waals surface area contributed by atoms with Gasteiger partial charge in [-0.3, -0.25) is 4.79 Å². The van der Waals surface area contributed by atoms with Crippen molar-refractivity contribution in [3.8, 4) is 5.69 Å². The van der Waals surface area contributed by atoms with Gasteiger partial charge in [-0.25, -0.2) is 17.8 Å². The standard InChI is InChI=1S/C23H26N4O3S/c28-23(24-16-17-25-31(29,30)19-12-6-2-7-13-19)22-20-14-8-3-9-15-21(20)27(26-22)18-10-4-1-5-11-18/h1-2,4-7,10-13,25H,3,8-9,14-17H2,(H,24,28). The van der Waals surface area contributed by atoms with E-state index < -0.39 is 10.0 Å². The summed E-state index contributed by atoms with van der Waals surface area (Å²) in [5.74, 6) is -0.272. The number of nitrogens with one attached hydrogen (secondary N) is 2. The molecule has 1 amide bonds. The monoisotopic (exact) mass is 438 g/mol. The third kappa shape index (κ3) is 4.86. The van der Waals surface area contributed by atoms with Crippen molar-refractivity contribution >= 4 is 15.9 Å². The van der Waals surface area contributed by atoms with Gasteiger partial charge in [0.1, 0.15) is 0 Å². The van der Waals surface area contributed by atoms with E-state index in [1.807, 2.05) is 35.0 Å². The highest BCUT2D eigenvalue weighted by Gasteiger charge is 2.24. The van der Waals surface area contributed by atoms with E-state index in [1.165, 1.54) is 12.1 Å². The van der Waals surface area contributed by atoms with Gasteiger partial charge in [0, 0.05) is 24.3 Å². The number of carbonyl (C=O) groups is 1. The lowest BCUT2D eigenvalue weighted by atomic mass is 10.1. The Morgan fingerprint density at radius 3 is 2.32 bits per heavy atom. The van der Waals surface area contributed by atoms with Crippen LogP contribution in [0.5, 0.6) is 0 Å². The second-order valence-corrected chi connectivity index (χ2v) is 9.32. The van der Waals surface area contributed by atoms with Crippen LogP contribution in [0.25, 0.3) is 5.69 Å². The van der Waals surface area contributed by atoms with E-state index in [1.54, 1.807) is 18.2 Å². The van der Waals surface area contributed by atoms with E-state index in [0.29, 0.717) is 5.69 Å². The number of aromatic nitrogens is 2. The maximum Gasteiger partial charge on any atom is 0.272 e. The minimum absolute atomic E-state index is 0.102. The van der Waals surface area contributed by atoms with E-state index in [9.17, 15) is 13.2 Å². The topological polar surface area (TPSA) is 93.1 Å². The summed E-state index contributed by atoms with van der Waals surface area (Å²) in [6.45, 7) is 0.280. The van der Waals surface area contributed by atoms with Gasteiger partial charge in [0.2, 0.25) is 10.0 Å². The highest BCUT2D eigenvalue weighted by atomic mass is 32.2. The zero-order chi connectivity index (χ0) is 21.7. The van der Waals surface area contributed by atoms with Gasteiger partial charge in [0.15, 0.2) is 5.69 Å². The van der Waals surface area contributed by atoms with Crippen molar-refractivity contribution in [1.82, 2.24) is 19.8 Å². The van der Waals surface area contributed by atoms with Crippen LogP contribution in [0, 0.1) is 0 Å². The van der Waals surface area contributed by atoms with Crippen LogP contribution in [0.1, 0.15) is 41.0 Å². The molecule has 1 aromatic heterocycles. The van der Waals surface area contributed by atoms with Gasteiger partial charge in [-0.2, -0.15) is 5.10 Å². The smallest absolute Gasteiger partial charge is 0.272 e. The predicted octanol–water partition coefficient (Wildman–Crippen LogP) is 2.85. The minimum Gasteiger partial charge on any atom is -0.349 e. The van der Waals surface area contributed by atoms with Crippen molar-refractivity contribution in [3.05, 3.63) is 77.6 Å². The van der Waals surface area contributed by atoms with Crippen molar-refractivity contribution in [3.63, 3.8) is 0 Å². The summed E-state index contributed by atoms with van der Waals surface area (Å²) in [4.78, 5) is 13.1. The predicted molar refractivity (Wildman–Crippen MR) is 119 cm³/mol. The Bertz CT molecular complexity index is 1140. The molecule has 0 spiro atoms. The molecular weight excluding hydrogens is 412 g/mol. The van der Waals surface area contributed by atoms with E-state index >= 15 is 0 Å². The third-order valence-electron chi connectivity index (χ3n) is 5.40. The van der Waals surface area contributed by atoms with Crippen LogP contribution in [0.15, 0.2) is 65.6 Å². The van der Waals surface area contributed by atoms with E-state index in [2.05, 4.69) is 15.1 Å². The van der Waals surface area contributed by atoms with Crippen LogP contribution in [0.3, 0.4) is 0 Å². The zero-order valence-electron chi connectivity index (χ0n) is 17.3. The molecule has 0 fully saturated rings. The molecule has 2 aromatic carbocycles. The highest BCUT2D eigenvalue weighted by molar-refractivity contribution is 7.89. The summed E-state index contributed by atoms with van der Waals surface area (Å²) in [6.07, 6.45) is 4.96. The molecule has 0 radical (unpaired) electrons. The maximum atomic E-state index is 12.9. The summed E-state index contributed by atoms with van der Waals surface area (Å²) in [5.41, 5.74) is 3.48. The summed E-state index contributed by atoms with van der Waals surface area (Å²) in [6, 6.07) is 18.0. The number of carbonyl (C=O) groups excluding carboxylic acids is 1. The van der Waals surface area contributed by atoms with Crippen LogP contribution in [-0.4, -0.2) is 37.2 Å². The zero-order valence-corrected chi connectivity index (χ0v) is 18.1. The van der Waals surface area contributed by atoms with Crippen molar-refractivity contribution in [1.29, 1.82) is 0 Å². The summed E-state index contributed by atoms with van der Waals surface area (Å²) < 4.78 is 29.0. The first-order valence-corrected chi connectivity index (χ1v) is 12.0. The Labute approximate surface area is 182 Å². The molecular formula is C23H26N4O3S. The fourth-order valence-electron chi connectivity index (χ4n) is 3.87. The molecule has 4 rings (SSSR count). The molecule has 1 aliphatic carbocycles. The first kappa shape index (κ1) is 21.3. The molecule has 0 atom stereocenters. The molecule has 31 heavy (non-hydrogen) atoms. The summed E-state index contributed by atoms with van der Waals surface area (Å²) >= 11 is 0. The Morgan fingerprint density at radius 2 is 1.58 bits per heavy atom. The number of fused-ring (bicyclic) bond motifs is 1. The number of benzene rings is 2. The fraction of sp³-hybridized carbons (Fsp3) is 0.304. The number of para-hydroxylation sites is 1. The average molecular weight is 439 g/mol. The van der Waals surface area contributed by atoms with Crippen molar-refractivity contribution in [2.75, 3.05) is 13.1 Å². The van der Waals surface area contributed by atoms with Gasteiger partial charge in [-0.15, -0.1) is 0 Å². The Balaban J connectivity index is 1.46. The first-order chi connectivity index (χ1) is 15.1. The lowest BCUT2D eigenvalue weighted by Crippen LogP contribution is -2.35. The Morgan fingerprint density at radius 1 is 0.903 bits per heavy atom. The summed E-state index contributed by atoms with van der Waals surface area (Å²) in [5, 5.41) is 7.46. The molecule has 0 unspecified atom stereocenters. The van der Waals surface area contributed by atoms with Crippen LogP contribution >= 0.6 is 0 Å². The molecule has 0 aliphatic heterocycles. The van der Waals surface area contributed by atoms with Crippen LogP contribution in [0.4, 0.5) is 0 Å². The summed E-state index contributed by atoms with van der Waals surface area (Å²) in [7, 11) is -3.59. The van der Waals surface area contributed by atoms with Gasteiger partial charge in [0.05, 0.1) is 10.6 Å². The largest absolute Gasteiger partial charge is 0.349 e. The number of hydrogen-bond acceptors (Lipinski definition) is 4. The van der Waals surface area contributed by atoms with E-state index in [4.69, 9.17) is 0 Å². The fourth-order valence-corrected chi connectivity index (χ4v) is 4.92. The average Bonchev–Trinajstić information content (AvgIpc) is 2.99. The molecule has 0 saturated carbocycles. The van der Waals surface area contributed by atoms with Gasteiger partial charge in [0.25, 0.3) is 5.91 Å². The number of amides is 1. The van der Waals surface area contributed by atoms with E-state index in [-0.39, 0.29) is 23.9 Å².